The van der Waals surface area contributed by atoms with Gasteiger partial charge in [0.15, 0.2) is 5.82 Å². The van der Waals surface area contributed by atoms with Gasteiger partial charge >= 0.3 is 0 Å². The van der Waals surface area contributed by atoms with Crippen LogP contribution in [-0.4, -0.2) is 25.4 Å². The van der Waals surface area contributed by atoms with Crippen molar-refractivity contribution in [2.75, 3.05) is 5.32 Å². The van der Waals surface area contributed by atoms with Crippen LogP contribution in [0, 0.1) is 0 Å². The van der Waals surface area contributed by atoms with E-state index in [4.69, 9.17) is 0 Å². The van der Waals surface area contributed by atoms with Gasteiger partial charge in [-0.15, -0.1) is 0 Å². The van der Waals surface area contributed by atoms with E-state index >= 15 is 0 Å². The van der Waals surface area contributed by atoms with Crippen LogP contribution in [0.5, 0.6) is 0 Å². The van der Waals surface area contributed by atoms with Crippen molar-refractivity contribution >= 4 is 5.82 Å². The molecule has 0 aromatic carbocycles. The van der Waals surface area contributed by atoms with Crippen LogP contribution in [0.25, 0.3) is 0 Å². The highest BCUT2D eigenvalue weighted by Gasteiger charge is 2.27. The molecule has 7 heteroatoms. The highest BCUT2D eigenvalue weighted by Crippen LogP contribution is 2.33. The molecule has 0 amide bonds. The van der Waals surface area contributed by atoms with E-state index < -0.39 is 0 Å². The number of hydrogen-bond donors (Lipinski definition) is 1. The van der Waals surface area contributed by atoms with Crippen molar-refractivity contribution in [1.29, 1.82) is 0 Å². The average Bonchev–Trinajstić information content (AvgIpc) is 3.43. The van der Waals surface area contributed by atoms with Crippen molar-refractivity contribution < 1.29 is 0 Å². The summed E-state index contributed by atoms with van der Waals surface area (Å²) < 4.78 is 3.37. The average molecular weight is 327 g/mol. The lowest BCUT2D eigenvalue weighted by Gasteiger charge is -2.29. The van der Waals surface area contributed by atoms with E-state index in [1.54, 1.807) is 40.0 Å². The number of aromatic nitrogens is 4. The SMILES string of the molecule is O=c1c(NC2CCC(n3ncccc3=O)CC2)nccn1C1CC1. The van der Waals surface area contributed by atoms with E-state index in [9.17, 15) is 9.59 Å². The maximum atomic E-state index is 12.4. The fraction of sp³-hybridized carbons (Fsp3) is 0.529. The predicted octanol–water partition coefficient (Wildman–Crippen LogP) is 1.73. The van der Waals surface area contributed by atoms with Crippen LogP contribution in [0.2, 0.25) is 0 Å². The number of hydrogen-bond acceptors (Lipinski definition) is 5. The molecule has 2 aliphatic carbocycles. The van der Waals surface area contributed by atoms with Crippen molar-refractivity contribution in [3.8, 4) is 0 Å². The van der Waals surface area contributed by atoms with Crippen LogP contribution in [0.1, 0.15) is 50.6 Å². The molecule has 0 atom stereocenters. The summed E-state index contributed by atoms with van der Waals surface area (Å²) in [7, 11) is 0. The van der Waals surface area contributed by atoms with E-state index in [0.717, 1.165) is 38.5 Å². The summed E-state index contributed by atoms with van der Waals surface area (Å²) in [6.45, 7) is 0. The molecule has 24 heavy (non-hydrogen) atoms. The van der Waals surface area contributed by atoms with Crippen LogP contribution in [0.3, 0.4) is 0 Å². The third-order valence-electron chi connectivity index (χ3n) is 4.93. The molecule has 0 unspecified atom stereocenters. The van der Waals surface area contributed by atoms with Gasteiger partial charge in [0.2, 0.25) is 0 Å². The zero-order chi connectivity index (χ0) is 16.5. The number of nitrogens with one attached hydrogen (secondary N) is 1. The Morgan fingerprint density at radius 3 is 2.46 bits per heavy atom. The largest absolute Gasteiger partial charge is 0.363 e. The zero-order valence-corrected chi connectivity index (χ0v) is 13.5. The van der Waals surface area contributed by atoms with Gasteiger partial charge in [-0.3, -0.25) is 9.59 Å². The summed E-state index contributed by atoms with van der Waals surface area (Å²) in [6, 6.07) is 3.93. The Bertz CT molecular complexity index is 831. The summed E-state index contributed by atoms with van der Waals surface area (Å²) in [5.74, 6) is 0.447. The van der Waals surface area contributed by atoms with Crippen LogP contribution >= 0.6 is 0 Å². The molecule has 2 heterocycles. The van der Waals surface area contributed by atoms with Crippen LogP contribution in [0.15, 0.2) is 40.3 Å². The Hall–Kier alpha value is -2.44. The summed E-state index contributed by atoms with van der Waals surface area (Å²) in [6.07, 6.45) is 10.8. The molecule has 2 aromatic rings. The summed E-state index contributed by atoms with van der Waals surface area (Å²) in [5, 5.41) is 7.49. The molecule has 0 radical (unpaired) electrons. The van der Waals surface area contributed by atoms with Crippen molar-refractivity contribution in [2.24, 2.45) is 0 Å². The predicted molar refractivity (Wildman–Crippen MR) is 90.2 cm³/mol. The fourth-order valence-electron chi connectivity index (χ4n) is 3.47. The second-order valence-corrected chi connectivity index (χ2v) is 6.68. The summed E-state index contributed by atoms with van der Waals surface area (Å²) in [4.78, 5) is 28.5. The Morgan fingerprint density at radius 2 is 1.75 bits per heavy atom. The first-order valence-corrected chi connectivity index (χ1v) is 8.60. The number of nitrogens with zero attached hydrogens (tertiary/aromatic N) is 4. The maximum absolute atomic E-state index is 12.4. The molecule has 7 nitrogen and oxygen atoms in total. The summed E-state index contributed by atoms with van der Waals surface area (Å²) in [5.41, 5.74) is -0.0750. The van der Waals surface area contributed by atoms with Gasteiger partial charge in [-0.1, -0.05) is 0 Å². The number of anilines is 1. The minimum atomic E-state index is -0.0500. The highest BCUT2D eigenvalue weighted by atomic mass is 16.1. The van der Waals surface area contributed by atoms with Gasteiger partial charge in [0.1, 0.15) is 0 Å². The quantitative estimate of drug-likeness (QED) is 0.925. The number of rotatable bonds is 4. The van der Waals surface area contributed by atoms with Gasteiger partial charge in [0.05, 0.1) is 6.04 Å². The highest BCUT2D eigenvalue weighted by molar-refractivity contribution is 5.32. The first-order valence-electron chi connectivity index (χ1n) is 8.60. The fourth-order valence-corrected chi connectivity index (χ4v) is 3.47. The normalized spacial score (nSPS) is 23.8. The third-order valence-corrected chi connectivity index (χ3v) is 4.93. The molecule has 2 aliphatic rings. The van der Waals surface area contributed by atoms with Gasteiger partial charge in [0.25, 0.3) is 11.1 Å². The Balaban J connectivity index is 1.42. The van der Waals surface area contributed by atoms with E-state index in [1.807, 2.05) is 0 Å². The second-order valence-electron chi connectivity index (χ2n) is 6.68. The minimum absolute atomic E-state index is 0.0249. The first-order chi connectivity index (χ1) is 11.7. The molecule has 0 saturated heterocycles. The third kappa shape index (κ3) is 2.98. The lowest BCUT2D eigenvalue weighted by Crippen LogP contribution is -2.35. The Labute approximate surface area is 139 Å². The molecular weight excluding hydrogens is 306 g/mol. The van der Waals surface area contributed by atoms with Gasteiger partial charge in [0, 0.05) is 36.7 Å². The molecule has 2 aromatic heterocycles. The van der Waals surface area contributed by atoms with Crippen LogP contribution in [-0.2, 0) is 0 Å². The molecule has 4 rings (SSSR count). The first kappa shape index (κ1) is 15.1. The van der Waals surface area contributed by atoms with Crippen molar-refractivity contribution in [3.05, 3.63) is 51.4 Å². The molecule has 1 N–H and O–H groups in total. The van der Waals surface area contributed by atoms with Gasteiger partial charge in [-0.05, 0) is 44.6 Å². The maximum Gasteiger partial charge on any atom is 0.293 e. The van der Waals surface area contributed by atoms with E-state index in [2.05, 4.69) is 15.4 Å². The van der Waals surface area contributed by atoms with Crippen molar-refractivity contribution in [2.45, 2.75) is 56.7 Å². The monoisotopic (exact) mass is 327 g/mol. The molecular formula is C17H21N5O2. The Kier molecular flexibility index (Phi) is 3.92. The zero-order valence-electron chi connectivity index (χ0n) is 13.5. The smallest absolute Gasteiger partial charge is 0.293 e. The standard InChI is InChI=1S/C17H21N5O2/c23-15-2-1-9-19-22(15)14-5-3-12(4-6-14)20-16-17(24)21(11-10-18-16)13-7-8-13/h1-2,9-14H,3-8H2,(H,18,20). The van der Waals surface area contributed by atoms with Gasteiger partial charge in [-0.2, -0.15) is 5.10 Å². The second kappa shape index (κ2) is 6.22. The van der Waals surface area contributed by atoms with E-state index in [1.165, 1.54) is 0 Å². The summed E-state index contributed by atoms with van der Waals surface area (Å²) >= 11 is 0. The molecule has 2 saturated carbocycles. The minimum Gasteiger partial charge on any atom is -0.363 e. The van der Waals surface area contributed by atoms with Crippen molar-refractivity contribution in [3.63, 3.8) is 0 Å². The molecule has 0 spiro atoms. The van der Waals surface area contributed by atoms with Crippen LogP contribution < -0.4 is 16.4 Å². The lowest BCUT2D eigenvalue weighted by atomic mass is 9.91. The lowest BCUT2D eigenvalue weighted by molar-refractivity contribution is 0.303. The van der Waals surface area contributed by atoms with Gasteiger partial charge in [-0.25, -0.2) is 9.67 Å². The molecule has 0 bridgehead atoms. The molecule has 2 fully saturated rings. The van der Waals surface area contributed by atoms with E-state index in [0.29, 0.717) is 11.9 Å². The molecule has 0 aliphatic heterocycles. The van der Waals surface area contributed by atoms with Gasteiger partial charge < -0.3 is 9.88 Å². The van der Waals surface area contributed by atoms with Crippen molar-refractivity contribution in [1.82, 2.24) is 19.3 Å². The molecule has 126 valence electrons. The van der Waals surface area contributed by atoms with E-state index in [-0.39, 0.29) is 23.2 Å². The Morgan fingerprint density at radius 1 is 1.00 bits per heavy atom. The topological polar surface area (TPSA) is 81.8 Å². The van der Waals surface area contributed by atoms with Crippen LogP contribution in [0.4, 0.5) is 5.82 Å².